The fourth-order valence-electron chi connectivity index (χ4n) is 2.98. The van der Waals surface area contributed by atoms with E-state index in [4.69, 9.17) is 10.5 Å². The Kier molecular flexibility index (Phi) is 3.74. The molecular formula is C16H21N3O. The lowest BCUT2D eigenvalue weighted by Crippen LogP contribution is -2.32. The predicted octanol–water partition coefficient (Wildman–Crippen LogP) is 2.25. The minimum Gasteiger partial charge on any atom is -0.493 e. The molecule has 106 valence electrons. The van der Waals surface area contributed by atoms with Crippen molar-refractivity contribution in [2.45, 2.75) is 31.2 Å². The zero-order chi connectivity index (χ0) is 13.9. The van der Waals surface area contributed by atoms with Crippen LogP contribution in [0.2, 0.25) is 0 Å². The average molecular weight is 271 g/mol. The first-order chi connectivity index (χ1) is 9.75. The van der Waals surface area contributed by atoms with E-state index in [0.717, 1.165) is 31.6 Å². The Morgan fingerprint density at radius 1 is 1.40 bits per heavy atom. The number of nitrogens with two attached hydrogens (primary N) is 1. The molecule has 0 amide bonds. The lowest BCUT2D eigenvalue weighted by Gasteiger charge is -2.30. The minimum absolute atomic E-state index is 0.162. The normalized spacial score (nSPS) is 19.2. The summed E-state index contributed by atoms with van der Waals surface area (Å²) in [5.41, 5.74) is 8.94. The van der Waals surface area contributed by atoms with Crippen LogP contribution in [0.25, 0.3) is 0 Å². The molecule has 2 heterocycles. The fraction of sp³-hybridized carbons (Fsp3) is 0.438. The second kappa shape index (κ2) is 5.67. The third-order valence-corrected chi connectivity index (χ3v) is 4.18. The molecule has 0 fully saturated rings. The standard InChI is InChI=1S/C16H21N3O/c1-19-12(8-10-18-19)6-7-15(17)13-9-11-20-16-5-3-2-4-14(13)16/h2-5,8,10,13,15H,6-7,9,11,17H2,1H3. The molecule has 1 aliphatic heterocycles. The molecule has 2 atom stereocenters. The van der Waals surface area contributed by atoms with Gasteiger partial charge in [-0.2, -0.15) is 5.10 Å². The van der Waals surface area contributed by atoms with Gasteiger partial charge in [-0.25, -0.2) is 0 Å². The van der Waals surface area contributed by atoms with E-state index in [1.165, 1.54) is 11.3 Å². The Hall–Kier alpha value is -1.81. The highest BCUT2D eigenvalue weighted by Gasteiger charge is 2.26. The third kappa shape index (κ3) is 2.56. The number of nitrogens with zero attached hydrogens (tertiary/aromatic N) is 2. The van der Waals surface area contributed by atoms with Crippen LogP contribution in [0, 0.1) is 0 Å². The molecule has 3 rings (SSSR count). The number of hydrogen-bond acceptors (Lipinski definition) is 3. The van der Waals surface area contributed by atoms with Gasteiger partial charge in [0.05, 0.1) is 6.61 Å². The summed E-state index contributed by atoms with van der Waals surface area (Å²) in [4.78, 5) is 0. The zero-order valence-corrected chi connectivity index (χ0v) is 11.8. The van der Waals surface area contributed by atoms with E-state index in [1.807, 2.05) is 30.1 Å². The number of para-hydroxylation sites is 1. The number of ether oxygens (including phenoxy) is 1. The number of aromatic nitrogens is 2. The number of benzene rings is 1. The van der Waals surface area contributed by atoms with Crippen LogP contribution in [0.15, 0.2) is 36.5 Å². The Balaban J connectivity index is 1.69. The van der Waals surface area contributed by atoms with Gasteiger partial charge < -0.3 is 10.5 Å². The van der Waals surface area contributed by atoms with E-state index in [9.17, 15) is 0 Å². The summed E-state index contributed by atoms with van der Waals surface area (Å²) >= 11 is 0. The van der Waals surface area contributed by atoms with Crippen molar-refractivity contribution in [1.82, 2.24) is 9.78 Å². The van der Waals surface area contributed by atoms with Gasteiger partial charge in [-0.1, -0.05) is 18.2 Å². The Bertz CT molecular complexity index is 579. The number of aryl methyl sites for hydroxylation is 2. The van der Waals surface area contributed by atoms with E-state index < -0.39 is 0 Å². The first kappa shape index (κ1) is 13.2. The Morgan fingerprint density at radius 3 is 3.05 bits per heavy atom. The van der Waals surface area contributed by atoms with Crippen molar-refractivity contribution in [3.63, 3.8) is 0 Å². The smallest absolute Gasteiger partial charge is 0.122 e. The van der Waals surface area contributed by atoms with Gasteiger partial charge in [-0.3, -0.25) is 4.68 Å². The van der Waals surface area contributed by atoms with Crippen LogP contribution in [0.1, 0.15) is 30.0 Å². The van der Waals surface area contributed by atoms with Gasteiger partial charge in [0, 0.05) is 30.9 Å². The molecule has 2 unspecified atom stereocenters. The molecule has 0 saturated heterocycles. The first-order valence-electron chi connectivity index (χ1n) is 7.20. The second-order valence-corrected chi connectivity index (χ2v) is 5.43. The molecule has 0 saturated carbocycles. The first-order valence-corrected chi connectivity index (χ1v) is 7.20. The predicted molar refractivity (Wildman–Crippen MR) is 78.8 cm³/mol. The van der Waals surface area contributed by atoms with Gasteiger partial charge in [-0.05, 0) is 37.0 Å². The zero-order valence-electron chi connectivity index (χ0n) is 11.8. The Morgan fingerprint density at radius 2 is 2.25 bits per heavy atom. The maximum Gasteiger partial charge on any atom is 0.122 e. The molecule has 0 radical (unpaired) electrons. The van der Waals surface area contributed by atoms with Crippen molar-refractivity contribution in [2.24, 2.45) is 12.8 Å². The molecular weight excluding hydrogens is 250 g/mol. The van der Waals surface area contributed by atoms with E-state index in [2.05, 4.69) is 23.3 Å². The van der Waals surface area contributed by atoms with Crippen molar-refractivity contribution < 1.29 is 4.74 Å². The summed E-state index contributed by atoms with van der Waals surface area (Å²) in [6.45, 7) is 0.765. The van der Waals surface area contributed by atoms with Gasteiger partial charge in [0.15, 0.2) is 0 Å². The molecule has 20 heavy (non-hydrogen) atoms. The summed E-state index contributed by atoms with van der Waals surface area (Å²) in [5, 5.41) is 4.20. The van der Waals surface area contributed by atoms with Crippen molar-refractivity contribution in [3.8, 4) is 5.75 Å². The van der Waals surface area contributed by atoms with E-state index in [1.54, 1.807) is 0 Å². The quantitative estimate of drug-likeness (QED) is 0.928. The van der Waals surface area contributed by atoms with Gasteiger partial charge in [-0.15, -0.1) is 0 Å². The molecule has 2 N–H and O–H groups in total. The van der Waals surface area contributed by atoms with Crippen LogP contribution >= 0.6 is 0 Å². The van der Waals surface area contributed by atoms with Gasteiger partial charge in [0.2, 0.25) is 0 Å². The fourth-order valence-corrected chi connectivity index (χ4v) is 2.98. The monoisotopic (exact) mass is 271 g/mol. The molecule has 1 aliphatic rings. The van der Waals surface area contributed by atoms with Crippen molar-refractivity contribution in [2.75, 3.05) is 6.61 Å². The van der Waals surface area contributed by atoms with Crippen LogP contribution in [0.4, 0.5) is 0 Å². The van der Waals surface area contributed by atoms with Crippen molar-refractivity contribution in [1.29, 1.82) is 0 Å². The van der Waals surface area contributed by atoms with E-state index in [0.29, 0.717) is 5.92 Å². The molecule has 1 aromatic heterocycles. The Labute approximate surface area is 119 Å². The number of hydrogen-bond donors (Lipinski definition) is 1. The third-order valence-electron chi connectivity index (χ3n) is 4.18. The average Bonchev–Trinajstić information content (AvgIpc) is 2.89. The summed E-state index contributed by atoms with van der Waals surface area (Å²) in [6.07, 6.45) is 4.78. The highest BCUT2D eigenvalue weighted by Crippen LogP contribution is 2.35. The maximum absolute atomic E-state index is 6.44. The highest BCUT2D eigenvalue weighted by molar-refractivity contribution is 5.38. The largest absolute Gasteiger partial charge is 0.493 e. The van der Waals surface area contributed by atoms with E-state index in [-0.39, 0.29) is 6.04 Å². The van der Waals surface area contributed by atoms with Crippen LogP contribution in [-0.4, -0.2) is 22.4 Å². The number of fused-ring (bicyclic) bond motifs is 1. The SMILES string of the molecule is Cn1nccc1CCC(N)C1CCOc2ccccc21. The van der Waals surface area contributed by atoms with Gasteiger partial charge in [0.1, 0.15) is 5.75 Å². The summed E-state index contributed by atoms with van der Waals surface area (Å²) in [7, 11) is 1.98. The topological polar surface area (TPSA) is 53.1 Å². The van der Waals surface area contributed by atoms with E-state index >= 15 is 0 Å². The number of rotatable bonds is 4. The van der Waals surface area contributed by atoms with Crippen LogP contribution in [0.5, 0.6) is 5.75 Å². The van der Waals surface area contributed by atoms with Crippen molar-refractivity contribution in [3.05, 3.63) is 47.8 Å². The van der Waals surface area contributed by atoms with Crippen molar-refractivity contribution >= 4 is 0 Å². The molecule has 4 nitrogen and oxygen atoms in total. The van der Waals surface area contributed by atoms with Crippen LogP contribution in [-0.2, 0) is 13.5 Å². The summed E-state index contributed by atoms with van der Waals surface area (Å²) in [6, 6.07) is 10.5. The molecule has 1 aromatic carbocycles. The minimum atomic E-state index is 0.162. The maximum atomic E-state index is 6.44. The molecule has 4 heteroatoms. The molecule has 0 aliphatic carbocycles. The van der Waals surface area contributed by atoms with Crippen LogP contribution in [0.3, 0.4) is 0 Å². The van der Waals surface area contributed by atoms with Crippen LogP contribution < -0.4 is 10.5 Å². The molecule has 0 bridgehead atoms. The lowest BCUT2D eigenvalue weighted by atomic mass is 9.85. The van der Waals surface area contributed by atoms with Gasteiger partial charge in [0.25, 0.3) is 0 Å². The molecule has 0 spiro atoms. The highest BCUT2D eigenvalue weighted by atomic mass is 16.5. The second-order valence-electron chi connectivity index (χ2n) is 5.43. The van der Waals surface area contributed by atoms with Gasteiger partial charge >= 0.3 is 0 Å². The molecule has 2 aromatic rings. The lowest BCUT2D eigenvalue weighted by molar-refractivity contribution is 0.252. The summed E-state index contributed by atoms with van der Waals surface area (Å²) in [5.74, 6) is 1.40. The summed E-state index contributed by atoms with van der Waals surface area (Å²) < 4.78 is 7.62.